The smallest absolute Gasteiger partial charge is 0.333 e. The minimum atomic E-state index is -1.12. The molecule has 0 amide bonds. The topological polar surface area (TPSA) is 92.2 Å². The molecule has 1 heterocycles. The molecule has 1 aromatic heterocycles. The number of carbonyl (C=O) groups is 1. The molecule has 0 spiro atoms. The highest BCUT2D eigenvalue weighted by atomic mass is 16.4. The summed E-state index contributed by atoms with van der Waals surface area (Å²) in [5.41, 5.74) is 0.594. The van der Waals surface area contributed by atoms with E-state index in [1.165, 1.54) is 6.92 Å². The second-order valence-electron chi connectivity index (χ2n) is 4.58. The maximum absolute atomic E-state index is 12.3. The van der Waals surface area contributed by atoms with E-state index in [-0.39, 0.29) is 11.3 Å². The monoisotopic (exact) mass is 274 g/mol. The lowest BCUT2D eigenvalue weighted by Crippen LogP contribution is -2.37. The molecular weight excluding hydrogens is 260 g/mol. The van der Waals surface area contributed by atoms with Crippen molar-refractivity contribution in [3.63, 3.8) is 0 Å². The van der Waals surface area contributed by atoms with Gasteiger partial charge in [0.1, 0.15) is 0 Å². The summed E-state index contributed by atoms with van der Waals surface area (Å²) in [6, 6.07) is 6.84. The van der Waals surface area contributed by atoms with Crippen LogP contribution in [0.1, 0.15) is 16.8 Å². The molecule has 20 heavy (non-hydrogen) atoms. The molecule has 2 aromatic rings. The first-order valence-electron chi connectivity index (χ1n) is 6.04. The van der Waals surface area contributed by atoms with Crippen LogP contribution in [0.2, 0.25) is 0 Å². The molecule has 1 aromatic carbocycles. The van der Waals surface area contributed by atoms with Crippen LogP contribution >= 0.6 is 0 Å². The lowest BCUT2D eigenvalue weighted by Gasteiger charge is -2.09. The fourth-order valence-electron chi connectivity index (χ4n) is 1.97. The zero-order valence-electron chi connectivity index (χ0n) is 11.1. The molecule has 6 heteroatoms. The van der Waals surface area contributed by atoms with E-state index in [9.17, 15) is 14.4 Å². The second kappa shape index (κ2) is 5.16. The fourth-order valence-corrected chi connectivity index (χ4v) is 1.97. The van der Waals surface area contributed by atoms with E-state index in [1.54, 1.807) is 24.3 Å². The van der Waals surface area contributed by atoms with Gasteiger partial charge in [-0.2, -0.15) is 0 Å². The van der Waals surface area contributed by atoms with Crippen molar-refractivity contribution in [3.05, 3.63) is 61.9 Å². The Hall–Kier alpha value is -2.63. The number of aromatic amines is 1. The van der Waals surface area contributed by atoms with Crippen LogP contribution in [0.3, 0.4) is 0 Å². The highest BCUT2D eigenvalue weighted by Crippen LogP contribution is 2.06. The van der Waals surface area contributed by atoms with Crippen molar-refractivity contribution in [1.29, 1.82) is 0 Å². The van der Waals surface area contributed by atoms with Crippen molar-refractivity contribution >= 4 is 5.97 Å². The second-order valence-corrected chi connectivity index (χ2v) is 4.58. The number of nitrogens with zero attached hydrogens (tertiary/aromatic N) is 1. The van der Waals surface area contributed by atoms with E-state index in [1.807, 2.05) is 6.92 Å². The number of hydrogen-bond acceptors (Lipinski definition) is 3. The molecule has 0 bridgehead atoms. The molecular formula is C14H14N2O4. The van der Waals surface area contributed by atoms with E-state index in [0.717, 1.165) is 10.1 Å². The molecule has 0 aliphatic heterocycles. The Bertz CT molecular complexity index is 769. The summed E-state index contributed by atoms with van der Waals surface area (Å²) in [6.07, 6.45) is -0.423. The van der Waals surface area contributed by atoms with Crippen LogP contribution in [0, 0.1) is 13.8 Å². The number of hydrogen-bond donors (Lipinski definition) is 2. The molecule has 0 saturated heterocycles. The average molecular weight is 274 g/mol. The lowest BCUT2D eigenvalue weighted by atomic mass is 10.1. The Morgan fingerprint density at radius 2 is 1.80 bits per heavy atom. The molecule has 0 unspecified atom stereocenters. The van der Waals surface area contributed by atoms with Crippen LogP contribution in [-0.4, -0.2) is 20.6 Å². The van der Waals surface area contributed by atoms with Gasteiger partial charge in [-0.1, -0.05) is 17.7 Å². The first-order chi connectivity index (χ1) is 9.40. The van der Waals surface area contributed by atoms with Gasteiger partial charge in [-0.3, -0.25) is 9.59 Å². The van der Waals surface area contributed by atoms with Gasteiger partial charge in [-0.15, -0.1) is 0 Å². The third kappa shape index (κ3) is 2.54. The van der Waals surface area contributed by atoms with Crippen molar-refractivity contribution in [1.82, 2.24) is 9.55 Å². The predicted molar refractivity (Wildman–Crippen MR) is 73.5 cm³/mol. The van der Waals surface area contributed by atoms with Gasteiger partial charge in [0.2, 0.25) is 0 Å². The van der Waals surface area contributed by atoms with Gasteiger partial charge in [0.15, 0.2) is 0 Å². The number of nitrogens with one attached hydrogen (secondary N) is 1. The van der Waals surface area contributed by atoms with Crippen molar-refractivity contribution in [2.45, 2.75) is 20.3 Å². The molecule has 0 fully saturated rings. The third-order valence-electron chi connectivity index (χ3n) is 3.03. The molecule has 2 rings (SSSR count). The third-order valence-corrected chi connectivity index (χ3v) is 3.03. The highest BCUT2D eigenvalue weighted by Gasteiger charge is 2.15. The minimum Gasteiger partial charge on any atom is -0.481 e. The first kappa shape index (κ1) is 13.8. The van der Waals surface area contributed by atoms with Crippen LogP contribution in [0.25, 0.3) is 5.69 Å². The Kier molecular flexibility index (Phi) is 3.56. The van der Waals surface area contributed by atoms with Crippen LogP contribution in [-0.2, 0) is 11.2 Å². The fraction of sp³-hybridized carbons (Fsp3) is 0.214. The van der Waals surface area contributed by atoms with E-state index in [0.29, 0.717) is 5.69 Å². The summed E-state index contributed by atoms with van der Waals surface area (Å²) >= 11 is 0. The number of carboxylic acids is 1. The number of benzene rings is 1. The maximum atomic E-state index is 12.3. The van der Waals surface area contributed by atoms with Gasteiger partial charge in [0.25, 0.3) is 5.56 Å². The molecule has 0 atom stereocenters. The van der Waals surface area contributed by atoms with Gasteiger partial charge < -0.3 is 10.1 Å². The standard InChI is InChI=1S/C14H14N2O4/c1-8-3-5-10(6-4-8)16-13(19)11(7-12(17)18)9(2)15-14(16)20/h3-6H,7H2,1-2H3,(H,15,20)(H,17,18). The quantitative estimate of drug-likeness (QED) is 0.864. The molecule has 0 saturated carbocycles. The highest BCUT2D eigenvalue weighted by molar-refractivity contribution is 5.70. The van der Waals surface area contributed by atoms with Crippen molar-refractivity contribution in [2.75, 3.05) is 0 Å². The number of carboxylic acid groups (broad SMARTS) is 1. The van der Waals surface area contributed by atoms with Crippen LogP contribution < -0.4 is 11.2 Å². The first-order valence-corrected chi connectivity index (χ1v) is 6.04. The Labute approximate surface area is 114 Å². The van der Waals surface area contributed by atoms with Gasteiger partial charge >= 0.3 is 11.7 Å². The number of aromatic nitrogens is 2. The number of rotatable bonds is 3. The number of aryl methyl sites for hydroxylation is 2. The van der Waals surface area contributed by atoms with E-state index in [2.05, 4.69) is 4.98 Å². The Morgan fingerprint density at radius 3 is 2.35 bits per heavy atom. The summed E-state index contributed by atoms with van der Waals surface area (Å²) in [5, 5.41) is 8.84. The zero-order chi connectivity index (χ0) is 14.9. The largest absolute Gasteiger partial charge is 0.481 e. The van der Waals surface area contributed by atoms with Crippen LogP contribution in [0.5, 0.6) is 0 Å². The normalized spacial score (nSPS) is 10.5. The van der Waals surface area contributed by atoms with Crippen LogP contribution in [0.4, 0.5) is 0 Å². The summed E-state index contributed by atoms with van der Waals surface area (Å²) in [6.45, 7) is 3.41. The summed E-state index contributed by atoms with van der Waals surface area (Å²) in [5.74, 6) is -1.12. The van der Waals surface area contributed by atoms with Gasteiger partial charge in [0.05, 0.1) is 12.1 Å². The van der Waals surface area contributed by atoms with Gasteiger partial charge in [-0.05, 0) is 26.0 Å². The number of H-pyrrole nitrogens is 1. The summed E-state index contributed by atoms with van der Waals surface area (Å²) in [4.78, 5) is 37.6. The average Bonchev–Trinajstić information content (AvgIpc) is 2.36. The Balaban J connectivity index is 2.70. The zero-order valence-corrected chi connectivity index (χ0v) is 11.1. The van der Waals surface area contributed by atoms with Crippen molar-refractivity contribution in [2.24, 2.45) is 0 Å². The lowest BCUT2D eigenvalue weighted by molar-refractivity contribution is -0.136. The van der Waals surface area contributed by atoms with E-state index < -0.39 is 23.6 Å². The van der Waals surface area contributed by atoms with Crippen molar-refractivity contribution in [3.8, 4) is 5.69 Å². The molecule has 2 N–H and O–H groups in total. The molecule has 0 radical (unpaired) electrons. The SMILES string of the molecule is Cc1ccc(-n2c(=O)[nH]c(C)c(CC(=O)O)c2=O)cc1. The van der Waals surface area contributed by atoms with Gasteiger partial charge in [0, 0.05) is 11.3 Å². The molecule has 0 aliphatic rings. The summed E-state index contributed by atoms with van der Waals surface area (Å²) < 4.78 is 0.949. The maximum Gasteiger partial charge on any atom is 0.333 e. The number of aliphatic carboxylic acids is 1. The molecule has 0 aliphatic carbocycles. The Morgan fingerprint density at radius 1 is 1.20 bits per heavy atom. The van der Waals surface area contributed by atoms with Crippen molar-refractivity contribution < 1.29 is 9.90 Å². The predicted octanol–water partition coefficient (Wildman–Crippen LogP) is 0.770. The van der Waals surface area contributed by atoms with Crippen LogP contribution in [0.15, 0.2) is 33.9 Å². The minimum absolute atomic E-state index is 0.0812. The summed E-state index contributed by atoms with van der Waals surface area (Å²) in [7, 11) is 0. The van der Waals surface area contributed by atoms with Gasteiger partial charge in [-0.25, -0.2) is 9.36 Å². The van der Waals surface area contributed by atoms with E-state index >= 15 is 0 Å². The van der Waals surface area contributed by atoms with E-state index in [4.69, 9.17) is 5.11 Å². The molecule has 6 nitrogen and oxygen atoms in total. The molecule has 104 valence electrons.